The van der Waals surface area contributed by atoms with Crippen LogP contribution in [-0.2, 0) is 4.74 Å². The van der Waals surface area contributed by atoms with E-state index in [1.165, 1.54) is 42.7 Å². The molecule has 3 aromatic rings. The van der Waals surface area contributed by atoms with Gasteiger partial charge in [-0.2, -0.15) is 0 Å². The Labute approximate surface area is 159 Å². The summed E-state index contributed by atoms with van der Waals surface area (Å²) >= 11 is 1.27. The molecule has 0 spiro atoms. The van der Waals surface area contributed by atoms with Crippen LogP contribution in [0.4, 0.5) is 5.00 Å². The van der Waals surface area contributed by atoms with Gasteiger partial charge in [-0.1, -0.05) is 30.3 Å². The van der Waals surface area contributed by atoms with Gasteiger partial charge in [-0.15, -0.1) is 11.3 Å². The fourth-order valence-corrected chi connectivity index (χ4v) is 3.53. The number of rotatable bonds is 5. The van der Waals surface area contributed by atoms with Crippen molar-refractivity contribution < 1.29 is 19.1 Å². The van der Waals surface area contributed by atoms with Gasteiger partial charge in [-0.25, -0.2) is 4.79 Å². The van der Waals surface area contributed by atoms with E-state index in [1.807, 2.05) is 30.3 Å². The summed E-state index contributed by atoms with van der Waals surface area (Å²) in [6.07, 6.45) is 0. The summed E-state index contributed by atoms with van der Waals surface area (Å²) in [4.78, 5) is 36.6. The lowest BCUT2D eigenvalue weighted by Crippen LogP contribution is -2.16. The van der Waals surface area contributed by atoms with Crippen molar-refractivity contribution in [2.75, 3.05) is 12.4 Å². The lowest BCUT2D eigenvalue weighted by molar-refractivity contribution is 0.0600. The van der Waals surface area contributed by atoms with Gasteiger partial charge >= 0.3 is 5.97 Å². The quantitative estimate of drug-likeness (QED) is 0.661. The van der Waals surface area contributed by atoms with Crippen LogP contribution in [0.3, 0.4) is 0 Å². The second kappa shape index (κ2) is 7.84. The smallest absolute Gasteiger partial charge is 0.337 e. The molecule has 0 radical (unpaired) electrons. The van der Waals surface area contributed by atoms with Gasteiger partial charge in [-0.05, 0) is 35.9 Å². The van der Waals surface area contributed by atoms with Crippen LogP contribution >= 0.6 is 11.3 Å². The van der Waals surface area contributed by atoms with Gasteiger partial charge in [0.2, 0.25) is 0 Å². The van der Waals surface area contributed by atoms with E-state index in [2.05, 4.69) is 10.1 Å². The Kier molecular flexibility index (Phi) is 5.33. The average Bonchev–Trinajstić information content (AvgIpc) is 3.12. The molecule has 0 bridgehead atoms. The van der Waals surface area contributed by atoms with E-state index in [0.29, 0.717) is 16.1 Å². The Morgan fingerprint density at radius 2 is 1.59 bits per heavy atom. The van der Waals surface area contributed by atoms with Gasteiger partial charge in [0.05, 0.1) is 18.2 Å². The Morgan fingerprint density at radius 1 is 0.963 bits per heavy atom. The molecule has 3 N–H and O–H groups in total. The lowest BCUT2D eigenvalue weighted by Gasteiger charge is -2.05. The number of esters is 1. The van der Waals surface area contributed by atoms with Crippen molar-refractivity contribution in [1.29, 1.82) is 0 Å². The average molecular weight is 380 g/mol. The Bertz CT molecular complexity index is 995. The summed E-state index contributed by atoms with van der Waals surface area (Å²) < 4.78 is 4.63. The predicted molar refractivity (Wildman–Crippen MR) is 104 cm³/mol. The van der Waals surface area contributed by atoms with Crippen molar-refractivity contribution in [2.45, 2.75) is 0 Å². The summed E-state index contributed by atoms with van der Waals surface area (Å²) in [6, 6.07) is 17.2. The fraction of sp³-hybridized carbons (Fsp3) is 0.0500. The van der Waals surface area contributed by atoms with Crippen molar-refractivity contribution in [3.8, 4) is 10.4 Å². The molecule has 3 rings (SSSR count). The molecule has 27 heavy (non-hydrogen) atoms. The van der Waals surface area contributed by atoms with Crippen LogP contribution in [0.5, 0.6) is 0 Å². The number of carbonyl (C=O) groups excluding carboxylic acids is 3. The summed E-state index contributed by atoms with van der Waals surface area (Å²) in [5.41, 5.74) is 7.31. The van der Waals surface area contributed by atoms with E-state index in [0.717, 1.165) is 10.4 Å². The standard InChI is InChI=1S/C20H16N2O4S/c1-26-20(25)14-9-7-13(8-10-14)18(24)22-19-15(17(21)23)11-16(27-19)12-5-3-2-4-6-12/h2-11H,1H3,(H2,21,23)(H,22,24). The number of carbonyl (C=O) groups is 3. The third kappa shape index (κ3) is 4.04. The van der Waals surface area contributed by atoms with Gasteiger partial charge in [0.15, 0.2) is 0 Å². The predicted octanol–water partition coefficient (Wildman–Crippen LogP) is 3.55. The number of nitrogens with one attached hydrogen (secondary N) is 1. The van der Waals surface area contributed by atoms with Gasteiger partial charge in [-0.3, -0.25) is 9.59 Å². The maximum atomic E-state index is 12.5. The van der Waals surface area contributed by atoms with E-state index in [-0.39, 0.29) is 5.56 Å². The van der Waals surface area contributed by atoms with Crippen LogP contribution in [0.25, 0.3) is 10.4 Å². The first-order valence-electron chi connectivity index (χ1n) is 7.98. The summed E-state index contributed by atoms with van der Waals surface area (Å²) in [5, 5.41) is 3.10. The molecule has 0 aliphatic carbocycles. The molecule has 0 saturated heterocycles. The number of nitrogens with two attached hydrogens (primary N) is 1. The molecule has 1 aromatic heterocycles. The summed E-state index contributed by atoms with van der Waals surface area (Å²) in [7, 11) is 1.29. The zero-order valence-corrected chi connectivity index (χ0v) is 15.2. The van der Waals surface area contributed by atoms with Crippen molar-refractivity contribution in [3.05, 3.63) is 77.4 Å². The molecule has 2 amide bonds. The highest BCUT2D eigenvalue weighted by molar-refractivity contribution is 7.20. The highest BCUT2D eigenvalue weighted by Crippen LogP contribution is 2.35. The van der Waals surface area contributed by atoms with Crippen LogP contribution in [0.1, 0.15) is 31.1 Å². The highest BCUT2D eigenvalue weighted by Gasteiger charge is 2.18. The SMILES string of the molecule is COC(=O)c1ccc(C(=O)Nc2sc(-c3ccccc3)cc2C(N)=O)cc1. The van der Waals surface area contributed by atoms with Gasteiger partial charge in [0.25, 0.3) is 11.8 Å². The van der Waals surface area contributed by atoms with Gasteiger partial charge in [0, 0.05) is 10.4 Å². The molecular formula is C20H16N2O4S. The number of amides is 2. The first-order valence-corrected chi connectivity index (χ1v) is 8.80. The maximum absolute atomic E-state index is 12.5. The normalized spacial score (nSPS) is 10.3. The topological polar surface area (TPSA) is 98.5 Å². The minimum absolute atomic E-state index is 0.249. The van der Waals surface area contributed by atoms with Crippen LogP contribution < -0.4 is 11.1 Å². The number of primary amides is 1. The molecule has 1 heterocycles. The molecule has 0 unspecified atom stereocenters. The molecule has 6 nitrogen and oxygen atoms in total. The lowest BCUT2D eigenvalue weighted by atomic mass is 10.1. The number of hydrogen-bond donors (Lipinski definition) is 2. The molecule has 0 fully saturated rings. The second-order valence-electron chi connectivity index (χ2n) is 5.61. The largest absolute Gasteiger partial charge is 0.465 e. The molecule has 7 heteroatoms. The van der Waals surface area contributed by atoms with Gasteiger partial charge < -0.3 is 15.8 Å². The summed E-state index contributed by atoms with van der Waals surface area (Å²) in [6.45, 7) is 0. The molecule has 0 aliphatic rings. The van der Waals surface area contributed by atoms with Crippen molar-refractivity contribution in [1.82, 2.24) is 0 Å². The third-order valence-electron chi connectivity index (χ3n) is 3.85. The monoisotopic (exact) mass is 380 g/mol. The number of anilines is 1. The minimum Gasteiger partial charge on any atom is -0.465 e. The van der Waals surface area contributed by atoms with Crippen LogP contribution in [0.2, 0.25) is 0 Å². The minimum atomic E-state index is -0.621. The van der Waals surface area contributed by atoms with Crippen LogP contribution in [0, 0.1) is 0 Å². The van der Waals surface area contributed by atoms with Crippen LogP contribution in [0.15, 0.2) is 60.7 Å². The Hall–Kier alpha value is -3.45. The maximum Gasteiger partial charge on any atom is 0.337 e. The second-order valence-corrected chi connectivity index (χ2v) is 6.66. The number of ether oxygens (including phenoxy) is 1. The first kappa shape index (κ1) is 18.3. The molecule has 136 valence electrons. The van der Waals surface area contributed by atoms with E-state index in [9.17, 15) is 14.4 Å². The van der Waals surface area contributed by atoms with E-state index >= 15 is 0 Å². The summed E-state index contributed by atoms with van der Waals surface area (Å²) in [5.74, 6) is -1.51. The first-order chi connectivity index (χ1) is 13.0. The van der Waals surface area contributed by atoms with E-state index in [4.69, 9.17) is 5.73 Å². The van der Waals surface area contributed by atoms with E-state index in [1.54, 1.807) is 6.07 Å². The van der Waals surface area contributed by atoms with Crippen LogP contribution in [-0.4, -0.2) is 24.9 Å². The van der Waals surface area contributed by atoms with Crippen molar-refractivity contribution in [2.24, 2.45) is 5.73 Å². The molecule has 2 aromatic carbocycles. The molecular weight excluding hydrogens is 364 g/mol. The van der Waals surface area contributed by atoms with E-state index < -0.39 is 17.8 Å². The zero-order chi connectivity index (χ0) is 19.4. The van der Waals surface area contributed by atoms with Crippen molar-refractivity contribution in [3.63, 3.8) is 0 Å². The highest BCUT2D eigenvalue weighted by atomic mass is 32.1. The third-order valence-corrected chi connectivity index (χ3v) is 4.95. The number of benzene rings is 2. The number of hydrogen-bond acceptors (Lipinski definition) is 5. The Morgan fingerprint density at radius 3 is 2.19 bits per heavy atom. The molecule has 0 aliphatic heterocycles. The fourth-order valence-electron chi connectivity index (χ4n) is 2.46. The van der Waals surface area contributed by atoms with Gasteiger partial charge in [0.1, 0.15) is 5.00 Å². The molecule has 0 saturated carbocycles. The van der Waals surface area contributed by atoms with Crippen molar-refractivity contribution >= 4 is 34.1 Å². The molecule has 0 atom stereocenters. The Balaban J connectivity index is 1.86. The number of thiophene rings is 1. The number of methoxy groups -OCH3 is 1. The zero-order valence-electron chi connectivity index (χ0n) is 14.4.